The molecule has 80 valence electrons. The van der Waals surface area contributed by atoms with Crippen molar-refractivity contribution < 1.29 is 4.42 Å². The maximum absolute atomic E-state index is 9.35. The van der Waals surface area contributed by atoms with E-state index in [9.17, 15) is 5.26 Å². The topological polar surface area (TPSA) is 36.9 Å². The Morgan fingerprint density at radius 1 is 1.19 bits per heavy atom. The van der Waals surface area contributed by atoms with E-state index in [2.05, 4.69) is 6.07 Å². The third kappa shape index (κ3) is 1.99. The molecule has 1 aromatic carbocycles. The largest absolute Gasteiger partial charge is 0.469 e. The fourth-order valence-corrected chi connectivity index (χ4v) is 1.77. The normalized spacial score (nSPS) is 14.0. The fourth-order valence-electron chi connectivity index (χ4n) is 1.77. The van der Waals surface area contributed by atoms with E-state index in [0.717, 1.165) is 11.3 Å². The van der Waals surface area contributed by atoms with Gasteiger partial charge in [-0.2, -0.15) is 5.26 Å². The highest BCUT2D eigenvalue weighted by molar-refractivity contribution is 5.32. The van der Waals surface area contributed by atoms with E-state index in [-0.39, 0.29) is 0 Å². The Labute approximate surface area is 95.1 Å². The van der Waals surface area contributed by atoms with Gasteiger partial charge in [0.1, 0.15) is 5.76 Å². The average molecular weight is 211 g/mol. The Bertz CT molecular complexity index is 481. The first kappa shape index (κ1) is 10.5. The Hall–Kier alpha value is -2.01. The molecular formula is C14H13NO. The third-order valence-corrected chi connectivity index (χ3v) is 2.77. The van der Waals surface area contributed by atoms with Gasteiger partial charge in [0.25, 0.3) is 0 Å². The van der Waals surface area contributed by atoms with Crippen molar-refractivity contribution in [1.29, 1.82) is 5.26 Å². The molecule has 2 heteroatoms. The van der Waals surface area contributed by atoms with Crippen molar-refractivity contribution >= 4 is 0 Å². The molecule has 0 aliphatic heterocycles. The number of nitrogens with zero attached hydrogens (tertiary/aromatic N) is 1. The van der Waals surface area contributed by atoms with Gasteiger partial charge in [0.05, 0.1) is 17.7 Å². The highest BCUT2D eigenvalue weighted by atomic mass is 16.3. The molecule has 2 rings (SSSR count). The predicted octanol–water partition coefficient (Wildman–Crippen LogP) is 3.30. The number of rotatable bonds is 3. The van der Waals surface area contributed by atoms with E-state index in [1.165, 1.54) is 0 Å². The summed E-state index contributed by atoms with van der Waals surface area (Å²) >= 11 is 0. The molecule has 16 heavy (non-hydrogen) atoms. The molecule has 0 fully saturated rings. The zero-order chi connectivity index (χ0) is 11.4. The summed E-state index contributed by atoms with van der Waals surface area (Å²) in [5, 5.41) is 9.35. The average Bonchev–Trinajstić information content (AvgIpc) is 2.83. The summed E-state index contributed by atoms with van der Waals surface area (Å²) in [5.74, 6) is 0.841. The summed E-state index contributed by atoms with van der Waals surface area (Å²) in [6.07, 6.45) is 2.23. The summed E-state index contributed by atoms with van der Waals surface area (Å²) in [6.45, 7) is 1.94. The highest BCUT2D eigenvalue weighted by Crippen LogP contribution is 2.27. The quantitative estimate of drug-likeness (QED) is 0.781. The molecule has 1 heterocycles. The molecule has 2 aromatic rings. The first-order valence-corrected chi connectivity index (χ1v) is 5.24. The molecule has 0 aliphatic rings. The number of hydrogen-bond acceptors (Lipinski definition) is 2. The van der Waals surface area contributed by atoms with Crippen LogP contribution in [0.2, 0.25) is 0 Å². The van der Waals surface area contributed by atoms with Gasteiger partial charge in [-0.15, -0.1) is 0 Å². The molecule has 1 atom stereocenters. The van der Waals surface area contributed by atoms with Crippen LogP contribution < -0.4 is 0 Å². The third-order valence-electron chi connectivity index (χ3n) is 2.77. The first-order chi connectivity index (χ1) is 7.74. The monoisotopic (exact) mass is 211 g/mol. The molecule has 0 radical (unpaired) electrons. The lowest BCUT2D eigenvalue weighted by Crippen LogP contribution is -2.22. The van der Waals surface area contributed by atoms with Crippen LogP contribution in [0.3, 0.4) is 0 Å². The van der Waals surface area contributed by atoms with Gasteiger partial charge < -0.3 is 4.42 Å². The molecule has 0 aliphatic carbocycles. The van der Waals surface area contributed by atoms with Gasteiger partial charge in [-0.25, -0.2) is 0 Å². The van der Waals surface area contributed by atoms with Crippen molar-refractivity contribution in [2.24, 2.45) is 0 Å². The molecular weight excluding hydrogens is 198 g/mol. The van der Waals surface area contributed by atoms with Crippen molar-refractivity contribution in [3.63, 3.8) is 0 Å². The van der Waals surface area contributed by atoms with E-state index in [1.54, 1.807) is 6.26 Å². The van der Waals surface area contributed by atoms with Crippen molar-refractivity contribution in [2.45, 2.75) is 18.8 Å². The zero-order valence-electron chi connectivity index (χ0n) is 9.18. The lowest BCUT2D eigenvalue weighted by atomic mass is 9.80. The summed E-state index contributed by atoms with van der Waals surface area (Å²) in [7, 11) is 0. The lowest BCUT2D eigenvalue weighted by molar-refractivity contribution is 0.462. The Morgan fingerprint density at radius 2 is 1.94 bits per heavy atom. The molecule has 0 saturated heterocycles. The minimum atomic E-state index is -0.529. The Morgan fingerprint density at radius 3 is 2.50 bits per heavy atom. The van der Waals surface area contributed by atoms with Crippen molar-refractivity contribution in [3.8, 4) is 6.07 Å². The van der Waals surface area contributed by atoms with Gasteiger partial charge in [0.15, 0.2) is 0 Å². The molecule has 1 aromatic heterocycles. The molecule has 0 N–H and O–H groups in total. The van der Waals surface area contributed by atoms with Gasteiger partial charge in [-0.3, -0.25) is 0 Å². The number of hydrogen-bond donors (Lipinski definition) is 0. The van der Waals surface area contributed by atoms with Crippen LogP contribution in [0.5, 0.6) is 0 Å². The molecule has 0 bridgehead atoms. The van der Waals surface area contributed by atoms with Crippen LogP contribution in [-0.4, -0.2) is 0 Å². The smallest absolute Gasteiger partial charge is 0.105 e. The van der Waals surface area contributed by atoms with Crippen LogP contribution in [0.1, 0.15) is 18.2 Å². The van der Waals surface area contributed by atoms with Crippen molar-refractivity contribution in [1.82, 2.24) is 0 Å². The van der Waals surface area contributed by atoms with Crippen LogP contribution >= 0.6 is 0 Å². The molecule has 0 spiro atoms. The van der Waals surface area contributed by atoms with Crippen LogP contribution in [0.15, 0.2) is 53.1 Å². The minimum absolute atomic E-state index is 0.529. The second kappa shape index (κ2) is 4.24. The SMILES string of the molecule is CC(C#N)(Cc1ccco1)c1ccccc1. The molecule has 2 nitrogen and oxygen atoms in total. The van der Waals surface area contributed by atoms with E-state index in [0.29, 0.717) is 6.42 Å². The van der Waals surface area contributed by atoms with Crippen LogP contribution in [0, 0.1) is 11.3 Å². The predicted molar refractivity (Wildman–Crippen MR) is 61.8 cm³/mol. The van der Waals surface area contributed by atoms with Crippen molar-refractivity contribution in [2.75, 3.05) is 0 Å². The first-order valence-electron chi connectivity index (χ1n) is 5.24. The van der Waals surface area contributed by atoms with Gasteiger partial charge in [-0.05, 0) is 24.6 Å². The Kier molecular flexibility index (Phi) is 2.78. The standard InChI is InChI=1S/C14H13NO/c1-14(11-15,10-13-8-5-9-16-13)12-6-3-2-4-7-12/h2-9H,10H2,1H3. The van der Waals surface area contributed by atoms with Crippen molar-refractivity contribution in [3.05, 3.63) is 60.1 Å². The van der Waals surface area contributed by atoms with E-state index in [4.69, 9.17) is 4.42 Å². The fraction of sp³-hybridized carbons (Fsp3) is 0.214. The highest BCUT2D eigenvalue weighted by Gasteiger charge is 2.27. The summed E-state index contributed by atoms with van der Waals surface area (Å²) < 4.78 is 5.30. The number of benzene rings is 1. The zero-order valence-corrected chi connectivity index (χ0v) is 9.18. The van der Waals surface area contributed by atoms with Gasteiger partial charge >= 0.3 is 0 Å². The van der Waals surface area contributed by atoms with E-state index in [1.807, 2.05) is 49.4 Å². The van der Waals surface area contributed by atoms with Crippen LogP contribution in [0.4, 0.5) is 0 Å². The summed E-state index contributed by atoms with van der Waals surface area (Å²) in [4.78, 5) is 0. The van der Waals surface area contributed by atoms with Crippen LogP contribution in [0.25, 0.3) is 0 Å². The summed E-state index contributed by atoms with van der Waals surface area (Å²) in [5.41, 5.74) is 0.493. The molecule has 0 saturated carbocycles. The van der Waals surface area contributed by atoms with Crippen LogP contribution in [-0.2, 0) is 11.8 Å². The number of furan rings is 1. The van der Waals surface area contributed by atoms with Gasteiger partial charge in [-0.1, -0.05) is 30.3 Å². The maximum Gasteiger partial charge on any atom is 0.105 e. The van der Waals surface area contributed by atoms with Gasteiger partial charge in [0, 0.05) is 6.42 Å². The number of nitriles is 1. The van der Waals surface area contributed by atoms with E-state index >= 15 is 0 Å². The molecule has 1 unspecified atom stereocenters. The van der Waals surface area contributed by atoms with E-state index < -0.39 is 5.41 Å². The van der Waals surface area contributed by atoms with Gasteiger partial charge in [0.2, 0.25) is 0 Å². The summed E-state index contributed by atoms with van der Waals surface area (Å²) in [6, 6.07) is 15.9. The second-order valence-electron chi connectivity index (χ2n) is 4.07. The lowest BCUT2D eigenvalue weighted by Gasteiger charge is -2.20. The maximum atomic E-state index is 9.35. The Balaban J connectivity index is 2.31. The second-order valence-corrected chi connectivity index (χ2v) is 4.07. The minimum Gasteiger partial charge on any atom is -0.469 e. The molecule has 0 amide bonds.